The number of hydrogen-bond acceptors (Lipinski definition) is 4. The SMILES string of the molecule is CC1(C)CC(=O)C(S(=O)(=O)C(F)(F)F)C(=O)C1. The van der Waals surface area contributed by atoms with Crippen LogP contribution in [0.4, 0.5) is 13.2 Å². The van der Waals surface area contributed by atoms with E-state index >= 15 is 0 Å². The molecular formula is C9H11F3O4S. The van der Waals surface area contributed by atoms with Crippen LogP contribution in [0.3, 0.4) is 0 Å². The van der Waals surface area contributed by atoms with E-state index in [1.165, 1.54) is 13.8 Å². The van der Waals surface area contributed by atoms with Crippen LogP contribution in [0.5, 0.6) is 0 Å². The van der Waals surface area contributed by atoms with Gasteiger partial charge in [-0.1, -0.05) is 13.8 Å². The van der Waals surface area contributed by atoms with E-state index in [9.17, 15) is 31.2 Å². The van der Waals surface area contributed by atoms with Gasteiger partial charge < -0.3 is 0 Å². The summed E-state index contributed by atoms with van der Waals surface area (Å²) in [5.41, 5.74) is -6.36. The molecule has 0 N–H and O–H groups in total. The first-order valence-electron chi connectivity index (χ1n) is 4.74. The predicted octanol–water partition coefficient (Wildman–Crippen LogP) is 1.25. The van der Waals surface area contributed by atoms with Crippen LogP contribution in [-0.4, -0.2) is 30.7 Å². The van der Waals surface area contributed by atoms with Gasteiger partial charge in [0.1, 0.15) is 0 Å². The Bertz CT molecular complexity index is 441. The molecule has 0 bridgehead atoms. The molecule has 0 aliphatic heterocycles. The normalized spacial score (nSPS) is 22.9. The van der Waals surface area contributed by atoms with Gasteiger partial charge in [-0.25, -0.2) is 8.42 Å². The first-order chi connectivity index (χ1) is 7.38. The molecule has 0 atom stereocenters. The molecule has 0 spiro atoms. The van der Waals surface area contributed by atoms with Crippen LogP contribution in [0, 0.1) is 5.41 Å². The summed E-state index contributed by atoms with van der Waals surface area (Å²) in [6.45, 7) is 3.05. The second kappa shape index (κ2) is 3.79. The zero-order valence-corrected chi connectivity index (χ0v) is 9.98. The zero-order valence-electron chi connectivity index (χ0n) is 9.17. The van der Waals surface area contributed by atoms with Crippen molar-refractivity contribution in [3.8, 4) is 0 Å². The number of carbonyl (C=O) groups is 2. The van der Waals surface area contributed by atoms with Gasteiger partial charge in [-0.15, -0.1) is 0 Å². The maximum Gasteiger partial charge on any atom is 0.498 e. The summed E-state index contributed by atoms with van der Waals surface area (Å²) in [5, 5.41) is -2.57. The molecule has 0 aromatic rings. The Morgan fingerprint density at radius 3 is 1.76 bits per heavy atom. The van der Waals surface area contributed by atoms with Crippen molar-refractivity contribution in [1.29, 1.82) is 0 Å². The van der Waals surface area contributed by atoms with Crippen LogP contribution in [0.25, 0.3) is 0 Å². The fourth-order valence-corrected chi connectivity index (χ4v) is 2.98. The van der Waals surface area contributed by atoms with Crippen molar-refractivity contribution in [3.05, 3.63) is 0 Å². The van der Waals surface area contributed by atoms with Gasteiger partial charge in [-0.3, -0.25) is 9.59 Å². The Labute approximate surface area is 96.1 Å². The molecule has 0 radical (unpaired) electrons. The number of rotatable bonds is 1. The van der Waals surface area contributed by atoms with Gasteiger partial charge in [0, 0.05) is 12.8 Å². The Balaban J connectivity index is 3.18. The molecule has 98 valence electrons. The minimum Gasteiger partial charge on any atom is -0.298 e. The van der Waals surface area contributed by atoms with Crippen LogP contribution in [-0.2, 0) is 19.4 Å². The molecule has 1 saturated carbocycles. The number of hydrogen-bond donors (Lipinski definition) is 0. The average Bonchev–Trinajstić information content (AvgIpc) is 1.95. The molecule has 17 heavy (non-hydrogen) atoms. The summed E-state index contributed by atoms with van der Waals surface area (Å²) >= 11 is 0. The molecule has 0 amide bonds. The first kappa shape index (κ1) is 14.1. The van der Waals surface area contributed by atoms with Crippen LogP contribution in [0.2, 0.25) is 0 Å². The lowest BCUT2D eigenvalue weighted by Gasteiger charge is -2.31. The summed E-state index contributed by atoms with van der Waals surface area (Å²) in [4.78, 5) is 22.8. The highest BCUT2D eigenvalue weighted by Crippen LogP contribution is 2.37. The lowest BCUT2D eigenvalue weighted by Crippen LogP contribution is -2.50. The molecule has 1 aliphatic rings. The van der Waals surface area contributed by atoms with E-state index in [2.05, 4.69) is 0 Å². The van der Waals surface area contributed by atoms with Gasteiger partial charge in [0.15, 0.2) is 16.8 Å². The first-order valence-corrected chi connectivity index (χ1v) is 6.29. The number of Topliss-reactive ketones (excluding diaryl/α,β-unsaturated/α-hetero) is 2. The molecule has 1 aliphatic carbocycles. The number of halogens is 3. The van der Waals surface area contributed by atoms with Crippen molar-refractivity contribution in [2.75, 3.05) is 0 Å². The van der Waals surface area contributed by atoms with Crippen LogP contribution < -0.4 is 0 Å². The Hall–Kier alpha value is -0.920. The summed E-state index contributed by atoms with van der Waals surface area (Å²) < 4.78 is 58.9. The van der Waals surface area contributed by atoms with Gasteiger partial charge in [0.25, 0.3) is 9.84 Å². The van der Waals surface area contributed by atoms with Gasteiger partial charge >= 0.3 is 5.51 Å². The molecule has 0 heterocycles. The molecule has 0 unspecified atom stereocenters. The lowest BCUT2D eigenvalue weighted by molar-refractivity contribution is -0.133. The molecule has 4 nitrogen and oxygen atoms in total. The number of carbonyl (C=O) groups excluding carboxylic acids is 2. The summed E-state index contributed by atoms with van der Waals surface area (Å²) in [6, 6.07) is 0. The quantitative estimate of drug-likeness (QED) is 0.674. The second-order valence-corrected chi connectivity index (χ2v) is 6.85. The van der Waals surface area contributed by atoms with E-state index in [0.717, 1.165) is 0 Å². The summed E-state index contributed by atoms with van der Waals surface area (Å²) in [7, 11) is -5.75. The largest absolute Gasteiger partial charge is 0.498 e. The van der Waals surface area contributed by atoms with E-state index in [1.54, 1.807) is 0 Å². The maximum atomic E-state index is 12.3. The van der Waals surface area contributed by atoms with Crippen molar-refractivity contribution in [3.63, 3.8) is 0 Å². The predicted molar refractivity (Wildman–Crippen MR) is 51.8 cm³/mol. The van der Waals surface area contributed by atoms with Gasteiger partial charge in [0.2, 0.25) is 0 Å². The van der Waals surface area contributed by atoms with Crippen molar-refractivity contribution in [2.24, 2.45) is 5.41 Å². The molecule has 1 fully saturated rings. The van der Waals surface area contributed by atoms with E-state index in [4.69, 9.17) is 0 Å². The third-order valence-corrected chi connectivity index (χ3v) is 4.31. The second-order valence-electron chi connectivity index (χ2n) is 4.82. The van der Waals surface area contributed by atoms with Crippen molar-refractivity contribution < 1.29 is 31.2 Å². The van der Waals surface area contributed by atoms with E-state index in [1.807, 2.05) is 0 Å². The van der Waals surface area contributed by atoms with Crippen LogP contribution >= 0.6 is 0 Å². The van der Waals surface area contributed by atoms with Crippen LogP contribution in [0.1, 0.15) is 26.7 Å². The fourth-order valence-electron chi connectivity index (χ4n) is 1.85. The van der Waals surface area contributed by atoms with Gasteiger partial charge in [-0.2, -0.15) is 13.2 Å². The minimum atomic E-state index is -5.75. The molecule has 0 aromatic heterocycles. The Morgan fingerprint density at radius 2 is 1.47 bits per heavy atom. The van der Waals surface area contributed by atoms with Crippen molar-refractivity contribution in [1.82, 2.24) is 0 Å². The standard InChI is InChI=1S/C9H11F3O4S/c1-8(2)3-5(13)7(6(14)4-8)17(15,16)9(10,11)12/h7H,3-4H2,1-2H3. The third kappa shape index (κ3) is 2.51. The highest BCUT2D eigenvalue weighted by atomic mass is 32.2. The molecule has 0 aromatic carbocycles. The fraction of sp³-hybridized carbons (Fsp3) is 0.778. The topological polar surface area (TPSA) is 68.3 Å². The van der Waals surface area contributed by atoms with Crippen molar-refractivity contribution >= 4 is 21.4 Å². The third-order valence-electron chi connectivity index (χ3n) is 2.52. The van der Waals surface area contributed by atoms with Gasteiger partial charge in [0.05, 0.1) is 0 Å². The lowest BCUT2D eigenvalue weighted by atomic mass is 9.76. The van der Waals surface area contributed by atoms with E-state index in [-0.39, 0.29) is 12.8 Å². The molecule has 1 rings (SSSR count). The number of ketones is 2. The van der Waals surface area contributed by atoms with Crippen LogP contribution in [0.15, 0.2) is 0 Å². The highest BCUT2D eigenvalue weighted by molar-refractivity contribution is 7.94. The van der Waals surface area contributed by atoms with E-state index < -0.39 is 37.6 Å². The average molecular weight is 272 g/mol. The highest BCUT2D eigenvalue weighted by Gasteiger charge is 2.58. The van der Waals surface area contributed by atoms with Crippen molar-refractivity contribution in [2.45, 2.75) is 37.4 Å². The Kier molecular flexibility index (Phi) is 3.15. The number of sulfone groups is 1. The smallest absolute Gasteiger partial charge is 0.298 e. The molecule has 8 heteroatoms. The minimum absolute atomic E-state index is 0.348. The zero-order chi connectivity index (χ0) is 13.6. The van der Waals surface area contributed by atoms with E-state index in [0.29, 0.717) is 0 Å². The molecule has 0 saturated heterocycles. The molecular weight excluding hydrogens is 261 g/mol. The monoisotopic (exact) mass is 272 g/mol. The summed E-state index contributed by atoms with van der Waals surface area (Å²) in [5.74, 6) is -2.35. The maximum absolute atomic E-state index is 12.3. The summed E-state index contributed by atoms with van der Waals surface area (Å²) in [6.07, 6.45) is -0.697. The Morgan fingerprint density at radius 1 is 1.12 bits per heavy atom. The van der Waals surface area contributed by atoms with Gasteiger partial charge in [-0.05, 0) is 5.41 Å². The number of alkyl halides is 3.